The predicted octanol–water partition coefficient (Wildman–Crippen LogP) is 17.9. The van der Waals surface area contributed by atoms with Crippen LogP contribution in [0.15, 0.2) is 60.8 Å². The summed E-state index contributed by atoms with van der Waals surface area (Å²) in [6, 6.07) is 0. The molecule has 0 saturated carbocycles. The number of phosphoric ester groups is 1. The summed E-state index contributed by atoms with van der Waals surface area (Å²) in [4.78, 5) is 48.6. The molecule has 0 heterocycles. The molecule has 0 aliphatic rings. The molecule has 2 N–H and O–H groups in total. The largest absolute Gasteiger partial charge is 0.472 e. The van der Waals surface area contributed by atoms with Gasteiger partial charge in [0.05, 0.1) is 19.8 Å². The van der Waals surface area contributed by atoms with E-state index in [-0.39, 0.29) is 25.9 Å². The molecule has 74 heavy (non-hydrogen) atoms. The van der Waals surface area contributed by atoms with Gasteiger partial charge in [-0.3, -0.25) is 23.4 Å². The van der Waals surface area contributed by atoms with Crippen LogP contribution in [0, 0.1) is 0 Å². The van der Waals surface area contributed by atoms with Crippen molar-refractivity contribution in [3.63, 3.8) is 0 Å². The molecule has 0 bridgehead atoms. The molecule has 0 amide bonds. The second-order valence-corrected chi connectivity index (χ2v) is 21.6. The molecule has 12 heteroatoms. The zero-order valence-electron chi connectivity index (χ0n) is 47.6. The van der Waals surface area contributed by atoms with Gasteiger partial charge in [-0.05, 0) is 83.5 Å². The van der Waals surface area contributed by atoms with Crippen LogP contribution in [0.4, 0.5) is 0 Å². The fraction of sp³-hybridized carbons (Fsp3) is 0.790. The number of carbonyl (C=O) groups is 3. The van der Waals surface area contributed by atoms with Gasteiger partial charge in [-0.25, -0.2) is 4.57 Å². The van der Waals surface area contributed by atoms with Crippen LogP contribution < -0.4 is 0 Å². The number of esters is 3. The van der Waals surface area contributed by atoms with Crippen LogP contribution in [-0.2, 0) is 42.2 Å². The average molecular weight is 1060 g/mol. The van der Waals surface area contributed by atoms with Crippen LogP contribution in [0.1, 0.15) is 278 Å². The zero-order valence-corrected chi connectivity index (χ0v) is 48.5. The Morgan fingerprint density at radius 3 is 1.11 bits per heavy atom. The minimum Gasteiger partial charge on any atom is -0.462 e. The minimum absolute atomic E-state index is 0.148. The van der Waals surface area contributed by atoms with Crippen molar-refractivity contribution in [1.29, 1.82) is 0 Å². The van der Waals surface area contributed by atoms with Gasteiger partial charge in [0.2, 0.25) is 0 Å². The molecular formula is C62H111O11P. The first-order valence-corrected chi connectivity index (χ1v) is 31.7. The monoisotopic (exact) mass is 1060 g/mol. The number of carbonyl (C=O) groups excluding carboxylic acids is 3. The van der Waals surface area contributed by atoms with E-state index in [4.69, 9.17) is 23.3 Å². The summed E-state index contributed by atoms with van der Waals surface area (Å²) in [5.74, 6) is -1.48. The number of unbranched alkanes of at least 4 members (excludes halogenated alkanes) is 29. The molecule has 0 aliphatic carbocycles. The van der Waals surface area contributed by atoms with E-state index < -0.39 is 57.8 Å². The lowest BCUT2D eigenvalue weighted by molar-refractivity contribution is -0.161. The fourth-order valence-corrected chi connectivity index (χ4v) is 9.13. The maximum Gasteiger partial charge on any atom is 0.472 e. The summed E-state index contributed by atoms with van der Waals surface area (Å²) >= 11 is 0. The molecule has 0 spiro atoms. The van der Waals surface area contributed by atoms with Gasteiger partial charge in [0.1, 0.15) is 12.7 Å². The molecule has 0 radical (unpaired) electrons. The number of rotatable bonds is 56. The van der Waals surface area contributed by atoms with Crippen LogP contribution in [-0.4, -0.2) is 66.5 Å². The van der Waals surface area contributed by atoms with E-state index in [0.717, 1.165) is 103 Å². The summed E-state index contributed by atoms with van der Waals surface area (Å²) in [7, 11) is -4.75. The zero-order chi connectivity index (χ0) is 54.1. The Balaban J connectivity index is 4.71. The molecule has 0 fully saturated rings. The Morgan fingerprint density at radius 2 is 0.703 bits per heavy atom. The summed E-state index contributed by atoms with van der Waals surface area (Å²) in [6.45, 7) is 4.51. The fourth-order valence-electron chi connectivity index (χ4n) is 8.34. The van der Waals surface area contributed by atoms with E-state index in [9.17, 15) is 28.9 Å². The lowest BCUT2D eigenvalue weighted by Crippen LogP contribution is -2.30. The second-order valence-electron chi connectivity index (χ2n) is 20.1. The topological polar surface area (TPSA) is 155 Å². The Labute approximate surface area is 453 Å². The Morgan fingerprint density at radius 1 is 0.392 bits per heavy atom. The highest BCUT2D eigenvalue weighted by molar-refractivity contribution is 7.47. The van der Waals surface area contributed by atoms with Gasteiger partial charge < -0.3 is 24.2 Å². The molecule has 11 nitrogen and oxygen atoms in total. The van der Waals surface area contributed by atoms with Gasteiger partial charge in [-0.15, -0.1) is 0 Å². The highest BCUT2D eigenvalue weighted by atomic mass is 31.2. The SMILES string of the molecule is CC/C=C\C/C=C\C/C=C\CCCCCCCC(=O)OC(COC(=O)CCCCCCCCCCC/C=C\C/C=C\CCCCC)COP(=O)(O)OCC(CO)OC(=O)CCCCCCCCCCCCCCC. The van der Waals surface area contributed by atoms with Crippen molar-refractivity contribution < 1.29 is 52.2 Å². The van der Waals surface area contributed by atoms with Crippen molar-refractivity contribution in [3.05, 3.63) is 60.8 Å². The number of ether oxygens (including phenoxy) is 3. The van der Waals surface area contributed by atoms with Crippen LogP contribution in [0.3, 0.4) is 0 Å². The van der Waals surface area contributed by atoms with E-state index in [1.165, 1.54) is 116 Å². The van der Waals surface area contributed by atoms with Crippen molar-refractivity contribution in [2.24, 2.45) is 0 Å². The molecular weight excluding hydrogens is 952 g/mol. The average Bonchev–Trinajstić information content (AvgIpc) is 3.39. The Kier molecular flexibility index (Phi) is 54.2. The summed E-state index contributed by atoms with van der Waals surface area (Å²) in [5.41, 5.74) is 0. The minimum atomic E-state index is -4.75. The van der Waals surface area contributed by atoms with E-state index >= 15 is 0 Å². The molecule has 3 unspecified atom stereocenters. The molecule has 0 saturated heterocycles. The van der Waals surface area contributed by atoms with Gasteiger partial charge >= 0.3 is 25.7 Å². The highest BCUT2D eigenvalue weighted by Crippen LogP contribution is 2.43. The lowest BCUT2D eigenvalue weighted by Gasteiger charge is -2.21. The van der Waals surface area contributed by atoms with Crippen LogP contribution >= 0.6 is 7.82 Å². The number of hydrogen-bond donors (Lipinski definition) is 2. The lowest BCUT2D eigenvalue weighted by atomic mass is 10.0. The van der Waals surface area contributed by atoms with E-state index in [2.05, 4.69) is 81.5 Å². The Bertz CT molecular complexity index is 1470. The third-order valence-corrected chi connectivity index (χ3v) is 13.9. The van der Waals surface area contributed by atoms with Gasteiger partial charge in [-0.2, -0.15) is 0 Å². The van der Waals surface area contributed by atoms with Gasteiger partial charge in [0.15, 0.2) is 6.10 Å². The van der Waals surface area contributed by atoms with Crippen molar-refractivity contribution in [2.45, 2.75) is 290 Å². The van der Waals surface area contributed by atoms with Crippen LogP contribution in [0.25, 0.3) is 0 Å². The quantitative estimate of drug-likeness (QED) is 0.0197. The molecule has 0 aromatic rings. The maximum absolute atomic E-state index is 12.9. The first kappa shape index (κ1) is 71.2. The number of allylic oxidation sites excluding steroid dienone is 10. The maximum atomic E-state index is 12.9. The van der Waals surface area contributed by atoms with Crippen molar-refractivity contribution >= 4 is 25.7 Å². The van der Waals surface area contributed by atoms with Gasteiger partial charge in [0.25, 0.3) is 0 Å². The third-order valence-electron chi connectivity index (χ3n) is 12.9. The first-order chi connectivity index (χ1) is 36.2. The Hall–Kier alpha value is -2.82. The molecule has 0 aromatic carbocycles. The summed E-state index contributed by atoms with van der Waals surface area (Å²) in [6.07, 6.45) is 61.7. The van der Waals surface area contributed by atoms with E-state index in [1.807, 2.05) is 0 Å². The van der Waals surface area contributed by atoms with Crippen LogP contribution in [0.2, 0.25) is 0 Å². The highest BCUT2D eigenvalue weighted by Gasteiger charge is 2.28. The van der Waals surface area contributed by atoms with Crippen molar-refractivity contribution in [2.75, 3.05) is 26.4 Å². The molecule has 430 valence electrons. The van der Waals surface area contributed by atoms with Crippen LogP contribution in [0.5, 0.6) is 0 Å². The second kappa shape index (κ2) is 56.4. The smallest absolute Gasteiger partial charge is 0.462 e. The summed E-state index contributed by atoms with van der Waals surface area (Å²) in [5, 5.41) is 9.82. The molecule has 0 aromatic heterocycles. The molecule has 0 rings (SSSR count). The number of aliphatic hydroxyl groups excluding tert-OH is 1. The van der Waals surface area contributed by atoms with Gasteiger partial charge in [0, 0.05) is 19.3 Å². The number of aliphatic hydroxyl groups is 1. The third kappa shape index (κ3) is 54.0. The predicted molar refractivity (Wildman–Crippen MR) is 307 cm³/mol. The number of hydrogen-bond acceptors (Lipinski definition) is 10. The van der Waals surface area contributed by atoms with Crippen molar-refractivity contribution in [1.82, 2.24) is 0 Å². The van der Waals surface area contributed by atoms with Crippen molar-refractivity contribution in [3.8, 4) is 0 Å². The van der Waals surface area contributed by atoms with Gasteiger partial charge in [-0.1, -0.05) is 236 Å². The van der Waals surface area contributed by atoms with E-state index in [1.54, 1.807) is 0 Å². The number of phosphoric acid groups is 1. The first-order valence-electron chi connectivity index (χ1n) is 30.2. The normalized spacial score (nSPS) is 13.7. The standard InChI is InChI=1S/C62H111O11P/c1-4-7-10-13-16-19-22-25-27-28-29-30-32-34-36-39-42-45-48-51-60(64)69-55-59(73-62(66)53-50-47-44-41-38-35-31-26-23-20-17-14-11-8-5-2)57-71-74(67,68)70-56-58(54-63)72-61(65)52-49-46-43-40-37-33-24-21-18-15-12-9-6-3/h8,11,16-17,19-20,25-27,31,58-59,63H,4-7,9-10,12-15,18,21-24,28-30,32-57H2,1-3H3,(H,67,68)/b11-8-,19-16-,20-17-,27-25-,31-26-. The molecule has 3 atom stereocenters. The van der Waals surface area contributed by atoms with E-state index in [0.29, 0.717) is 19.3 Å². The molecule has 0 aliphatic heterocycles. The summed E-state index contributed by atoms with van der Waals surface area (Å²) < 4.78 is 39.6.